The lowest BCUT2D eigenvalue weighted by Gasteiger charge is -2.29. The number of imidazole rings is 1. The number of nitrogens with one attached hydrogen (secondary N) is 1. The Kier molecular flexibility index (Phi) is 5.02. The second-order valence-corrected chi connectivity index (χ2v) is 7.57. The zero-order chi connectivity index (χ0) is 20.4. The van der Waals surface area contributed by atoms with Crippen molar-refractivity contribution in [2.24, 2.45) is 0 Å². The minimum Gasteiger partial charge on any atom is -0.394 e. The first-order valence-corrected chi connectivity index (χ1v) is 9.77. The molecule has 0 saturated heterocycles. The lowest BCUT2D eigenvalue weighted by molar-refractivity contribution is 0.212. The minimum atomic E-state index is -0.491. The molecule has 4 heterocycles. The number of aromatic nitrogens is 5. The summed E-state index contributed by atoms with van der Waals surface area (Å²) in [6, 6.07) is 5.83. The van der Waals surface area contributed by atoms with Crippen molar-refractivity contribution in [2.75, 3.05) is 17.7 Å². The number of nitrogens with zero attached hydrogens (tertiary/aromatic N) is 5. The Labute approximate surface area is 168 Å². The van der Waals surface area contributed by atoms with Crippen molar-refractivity contribution in [1.29, 1.82) is 0 Å². The summed E-state index contributed by atoms with van der Waals surface area (Å²) in [6.07, 6.45) is 10.3. The maximum atomic E-state index is 9.92. The van der Waals surface area contributed by atoms with E-state index in [-0.39, 0.29) is 12.6 Å². The smallest absolute Gasteiger partial charge is 0.222 e. The third-order valence-corrected chi connectivity index (χ3v) is 5.13. The van der Waals surface area contributed by atoms with E-state index in [4.69, 9.17) is 5.73 Å². The molecule has 4 N–H and O–H groups in total. The monoisotopic (exact) mass is 391 g/mol. The van der Waals surface area contributed by atoms with Crippen LogP contribution in [0, 0.1) is 0 Å². The summed E-state index contributed by atoms with van der Waals surface area (Å²) in [5, 5.41) is 14.1. The molecule has 0 saturated carbocycles. The SMILES string of the molecule is CCCC[C@](C)(CO)Nc1nc(N)nc2cc(-c3ccc4nccn4c3)ncc12. The van der Waals surface area contributed by atoms with Crippen LogP contribution in [-0.2, 0) is 0 Å². The van der Waals surface area contributed by atoms with E-state index in [1.165, 1.54) is 0 Å². The molecule has 0 aliphatic carbocycles. The van der Waals surface area contributed by atoms with Crippen LogP contribution in [0.2, 0.25) is 0 Å². The second kappa shape index (κ2) is 7.63. The van der Waals surface area contributed by atoms with Gasteiger partial charge in [0.1, 0.15) is 11.5 Å². The zero-order valence-electron chi connectivity index (χ0n) is 16.6. The van der Waals surface area contributed by atoms with Gasteiger partial charge in [0.15, 0.2) is 0 Å². The number of hydrogen-bond donors (Lipinski definition) is 3. The molecule has 4 aromatic rings. The van der Waals surface area contributed by atoms with E-state index in [1.807, 2.05) is 41.9 Å². The number of nitrogen functional groups attached to an aromatic ring is 1. The first-order valence-electron chi connectivity index (χ1n) is 9.77. The summed E-state index contributed by atoms with van der Waals surface area (Å²) in [5.74, 6) is 0.766. The third kappa shape index (κ3) is 3.84. The quantitative estimate of drug-likeness (QED) is 0.443. The van der Waals surface area contributed by atoms with Crippen LogP contribution in [0.1, 0.15) is 33.1 Å². The Balaban J connectivity index is 1.74. The zero-order valence-corrected chi connectivity index (χ0v) is 16.6. The molecule has 0 radical (unpaired) electrons. The predicted octanol–water partition coefficient (Wildman–Crippen LogP) is 3.27. The number of aliphatic hydroxyl groups excluding tert-OH is 1. The topological polar surface area (TPSA) is 114 Å². The molecular formula is C21H25N7O. The fourth-order valence-corrected chi connectivity index (χ4v) is 3.40. The van der Waals surface area contributed by atoms with E-state index in [0.717, 1.165) is 41.6 Å². The molecule has 29 heavy (non-hydrogen) atoms. The molecule has 8 nitrogen and oxygen atoms in total. The van der Waals surface area contributed by atoms with Gasteiger partial charge in [-0.25, -0.2) is 9.97 Å². The van der Waals surface area contributed by atoms with E-state index >= 15 is 0 Å². The maximum Gasteiger partial charge on any atom is 0.222 e. The summed E-state index contributed by atoms with van der Waals surface area (Å²) in [7, 11) is 0. The van der Waals surface area contributed by atoms with Gasteiger partial charge >= 0.3 is 0 Å². The first kappa shape index (κ1) is 19.1. The van der Waals surface area contributed by atoms with Crippen molar-refractivity contribution < 1.29 is 5.11 Å². The van der Waals surface area contributed by atoms with Gasteiger partial charge in [-0.3, -0.25) is 4.98 Å². The predicted molar refractivity (Wildman–Crippen MR) is 115 cm³/mol. The third-order valence-electron chi connectivity index (χ3n) is 5.13. The number of hydrogen-bond acceptors (Lipinski definition) is 7. The fourth-order valence-electron chi connectivity index (χ4n) is 3.40. The average molecular weight is 391 g/mol. The lowest BCUT2D eigenvalue weighted by atomic mass is 9.95. The van der Waals surface area contributed by atoms with Crippen LogP contribution >= 0.6 is 0 Å². The van der Waals surface area contributed by atoms with Crippen molar-refractivity contribution in [1.82, 2.24) is 24.3 Å². The summed E-state index contributed by atoms with van der Waals surface area (Å²) in [4.78, 5) is 17.7. The number of rotatable bonds is 7. The largest absolute Gasteiger partial charge is 0.394 e. The molecule has 4 aromatic heterocycles. The highest BCUT2D eigenvalue weighted by molar-refractivity contribution is 5.91. The van der Waals surface area contributed by atoms with E-state index in [2.05, 4.69) is 32.2 Å². The number of pyridine rings is 2. The molecule has 0 fully saturated rings. The molecule has 4 rings (SSSR count). The van der Waals surface area contributed by atoms with Crippen LogP contribution in [0.4, 0.5) is 11.8 Å². The lowest BCUT2D eigenvalue weighted by Crippen LogP contribution is -2.39. The van der Waals surface area contributed by atoms with Gasteiger partial charge in [-0.2, -0.15) is 4.98 Å². The molecule has 0 spiro atoms. The van der Waals surface area contributed by atoms with Gasteiger partial charge < -0.3 is 20.6 Å². The highest BCUT2D eigenvalue weighted by Crippen LogP contribution is 2.28. The van der Waals surface area contributed by atoms with Crippen LogP contribution in [0.25, 0.3) is 27.8 Å². The molecule has 1 atom stereocenters. The summed E-state index contributed by atoms with van der Waals surface area (Å²) >= 11 is 0. The molecular weight excluding hydrogens is 366 g/mol. The molecule has 0 unspecified atom stereocenters. The van der Waals surface area contributed by atoms with E-state index in [0.29, 0.717) is 11.3 Å². The second-order valence-electron chi connectivity index (χ2n) is 7.57. The number of aliphatic hydroxyl groups is 1. The molecule has 0 bridgehead atoms. The van der Waals surface area contributed by atoms with Crippen molar-refractivity contribution in [3.8, 4) is 11.3 Å². The number of fused-ring (bicyclic) bond motifs is 2. The van der Waals surface area contributed by atoms with Gasteiger partial charge in [-0.05, 0) is 31.5 Å². The Morgan fingerprint density at radius 2 is 2.10 bits per heavy atom. The van der Waals surface area contributed by atoms with Crippen molar-refractivity contribution in [3.63, 3.8) is 0 Å². The van der Waals surface area contributed by atoms with E-state index < -0.39 is 5.54 Å². The van der Waals surface area contributed by atoms with Gasteiger partial charge in [0.2, 0.25) is 5.95 Å². The Bertz CT molecular complexity index is 1160. The Morgan fingerprint density at radius 1 is 1.24 bits per heavy atom. The molecule has 0 aromatic carbocycles. The van der Waals surface area contributed by atoms with Crippen LogP contribution in [0.5, 0.6) is 0 Å². The van der Waals surface area contributed by atoms with Crippen molar-refractivity contribution in [3.05, 3.63) is 43.0 Å². The highest BCUT2D eigenvalue weighted by Gasteiger charge is 2.24. The van der Waals surface area contributed by atoms with Crippen LogP contribution in [-0.4, -0.2) is 41.6 Å². The Morgan fingerprint density at radius 3 is 2.90 bits per heavy atom. The summed E-state index contributed by atoms with van der Waals surface area (Å²) in [5.41, 5.74) is 8.80. The molecule has 0 aliphatic heterocycles. The maximum absolute atomic E-state index is 9.92. The molecule has 8 heteroatoms. The van der Waals surface area contributed by atoms with Gasteiger partial charge in [0, 0.05) is 30.4 Å². The van der Waals surface area contributed by atoms with Gasteiger partial charge in [-0.15, -0.1) is 0 Å². The van der Waals surface area contributed by atoms with Gasteiger partial charge in [0.25, 0.3) is 0 Å². The number of anilines is 2. The van der Waals surface area contributed by atoms with Crippen molar-refractivity contribution in [2.45, 2.75) is 38.6 Å². The molecule has 0 amide bonds. The highest BCUT2D eigenvalue weighted by atomic mass is 16.3. The van der Waals surface area contributed by atoms with Gasteiger partial charge in [0.05, 0.1) is 28.7 Å². The summed E-state index contributed by atoms with van der Waals surface area (Å²) in [6.45, 7) is 4.10. The Hall–Kier alpha value is -3.26. The van der Waals surface area contributed by atoms with E-state index in [9.17, 15) is 5.11 Å². The normalized spacial score (nSPS) is 13.6. The summed E-state index contributed by atoms with van der Waals surface area (Å²) < 4.78 is 1.95. The standard InChI is InChI=1S/C21H25N7O/c1-3-4-7-21(2,13-29)27-19-15-11-24-16(10-17(15)25-20(22)26-19)14-5-6-18-23-8-9-28(18)12-14/h5-6,8-12,29H,3-4,7,13H2,1-2H3,(H3,22,25,26,27)/t21-/m1/s1. The number of unbranched alkanes of at least 4 members (excludes halogenated alkanes) is 1. The molecule has 150 valence electrons. The van der Waals surface area contributed by atoms with Crippen LogP contribution < -0.4 is 11.1 Å². The minimum absolute atomic E-state index is 0.00513. The van der Waals surface area contributed by atoms with Crippen LogP contribution in [0.3, 0.4) is 0 Å². The fraction of sp³-hybridized carbons (Fsp3) is 0.333. The average Bonchev–Trinajstić information content (AvgIpc) is 3.19. The van der Waals surface area contributed by atoms with E-state index in [1.54, 1.807) is 12.4 Å². The van der Waals surface area contributed by atoms with Crippen LogP contribution in [0.15, 0.2) is 43.0 Å². The van der Waals surface area contributed by atoms with Gasteiger partial charge in [-0.1, -0.05) is 19.8 Å². The first-order chi connectivity index (χ1) is 14.0. The molecule has 0 aliphatic rings. The number of nitrogens with two attached hydrogens (primary N) is 1. The van der Waals surface area contributed by atoms with Crippen molar-refractivity contribution >= 4 is 28.3 Å².